The zero-order valence-electron chi connectivity index (χ0n) is 17.1. The zero-order valence-corrected chi connectivity index (χ0v) is 17.1. The number of halogens is 3. The Labute approximate surface area is 183 Å². The van der Waals surface area contributed by atoms with E-state index in [0.29, 0.717) is 5.56 Å². The molecule has 0 aliphatic carbocycles. The van der Waals surface area contributed by atoms with Gasteiger partial charge in [-0.2, -0.15) is 13.2 Å². The van der Waals surface area contributed by atoms with Crippen molar-refractivity contribution in [2.75, 3.05) is 0 Å². The second-order valence-electron chi connectivity index (χ2n) is 7.18. The Morgan fingerprint density at radius 3 is 2.42 bits per heavy atom. The number of alkyl halides is 3. The summed E-state index contributed by atoms with van der Waals surface area (Å²) in [5.74, 6) is 0. The predicted molar refractivity (Wildman–Crippen MR) is 116 cm³/mol. The van der Waals surface area contributed by atoms with E-state index in [9.17, 15) is 27.6 Å². The molecule has 0 unspecified atom stereocenters. The quantitative estimate of drug-likeness (QED) is 0.461. The Kier molecular flexibility index (Phi) is 5.54. The van der Waals surface area contributed by atoms with Crippen LogP contribution in [-0.4, -0.2) is 25.2 Å². The summed E-state index contributed by atoms with van der Waals surface area (Å²) in [6, 6.07) is 13.1. The van der Waals surface area contributed by atoms with Gasteiger partial charge in [-0.3, -0.25) is 24.1 Å². The van der Waals surface area contributed by atoms with Crippen molar-refractivity contribution in [3.05, 3.63) is 103 Å². The van der Waals surface area contributed by atoms with E-state index in [1.807, 2.05) is 0 Å². The van der Waals surface area contributed by atoms with Crippen LogP contribution >= 0.6 is 0 Å². The maximum Gasteiger partial charge on any atom is 0.416 e. The lowest BCUT2D eigenvalue weighted by Gasteiger charge is -2.10. The summed E-state index contributed by atoms with van der Waals surface area (Å²) in [5.41, 5.74) is -2.41. The first-order chi connectivity index (χ1) is 15.6. The van der Waals surface area contributed by atoms with Crippen LogP contribution in [0.3, 0.4) is 0 Å². The fourth-order valence-electron chi connectivity index (χ4n) is 3.24. The molecule has 4 aromatic rings. The number of nitrogens with zero attached hydrogens (tertiary/aromatic N) is 3. The van der Waals surface area contributed by atoms with Gasteiger partial charge in [0.05, 0.1) is 17.0 Å². The second-order valence-corrected chi connectivity index (χ2v) is 7.18. The number of hydrogen-bond acceptors (Lipinski definition) is 5. The van der Waals surface area contributed by atoms with Crippen LogP contribution in [0.4, 0.5) is 18.9 Å². The number of aryl methyl sites for hydroxylation is 1. The number of hydrogen-bond donors (Lipinski definition) is 2. The Morgan fingerprint density at radius 2 is 1.73 bits per heavy atom. The highest BCUT2D eigenvalue weighted by Crippen LogP contribution is 2.31. The molecule has 2 heterocycles. The molecule has 0 bridgehead atoms. The van der Waals surface area contributed by atoms with Gasteiger partial charge in [-0.05, 0) is 23.8 Å². The van der Waals surface area contributed by atoms with Crippen LogP contribution in [0.25, 0.3) is 11.2 Å². The van der Waals surface area contributed by atoms with Crippen molar-refractivity contribution in [3.63, 3.8) is 0 Å². The number of aromatic amines is 2. The largest absolute Gasteiger partial charge is 0.416 e. The van der Waals surface area contributed by atoms with Gasteiger partial charge in [0, 0.05) is 13.5 Å². The molecule has 2 aromatic heterocycles. The molecule has 0 amide bonds. The molecule has 33 heavy (non-hydrogen) atoms. The van der Waals surface area contributed by atoms with Crippen LogP contribution in [0.1, 0.15) is 16.8 Å². The lowest BCUT2D eigenvalue weighted by Crippen LogP contribution is -2.32. The maximum absolute atomic E-state index is 13.1. The molecular formula is C22H16F3N5O3. The smallest absolute Gasteiger partial charge is 0.305 e. The molecule has 0 saturated carbocycles. The number of nitrogens with one attached hydrogen (secondary N) is 2. The van der Waals surface area contributed by atoms with Crippen LogP contribution in [0, 0.1) is 0 Å². The number of H-pyrrole nitrogens is 2. The molecule has 4 rings (SSSR count). The normalized spacial score (nSPS) is 12.3. The zero-order chi connectivity index (χ0) is 23.8. The summed E-state index contributed by atoms with van der Waals surface area (Å²) in [6.45, 7) is 0. The fraction of sp³-hybridized carbons (Fsp3) is 0.136. The lowest BCUT2D eigenvalue weighted by atomic mass is 10.1. The van der Waals surface area contributed by atoms with Crippen LogP contribution in [0.2, 0.25) is 0 Å². The predicted octanol–water partition coefficient (Wildman–Crippen LogP) is 2.69. The minimum absolute atomic E-state index is 0.0427. The molecule has 0 spiro atoms. The Bertz CT molecular complexity index is 1550. The van der Waals surface area contributed by atoms with Gasteiger partial charge < -0.3 is 4.98 Å². The van der Waals surface area contributed by atoms with Gasteiger partial charge in [0.25, 0.3) is 11.1 Å². The highest BCUT2D eigenvalue weighted by Gasteiger charge is 2.30. The molecule has 0 radical (unpaired) electrons. The van der Waals surface area contributed by atoms with Gasteiger partial charge >= 0.3 is 11.9 Å². The van der Waals surface area contributed by atoms with E-state index in [4.69, 9.17) is 0 Å². The summed E-state index contributed by atoms with van der Waals surface area (Å²) in [6.07, 6.45) is -4.71. The van der Waals surface area contributed by atoms with E-state index in [-0.39, 0.29) is 34.7 Å². The SMILES string of the molecule is Cn1c(=O)[nH]c(=O)c2nc(CC(=Nc3cccc(C(F)(F)F)c3)c3ccccc3)c(=O)[nH]c21. The van der Waals surface area contributed by atoms with Crippen LogP contribution in [0.15, 0.2) is 74.0 Å². The molecule has 11 heteroatoms. The van der Waals surface area contributed by atoms with E-state index in [1.54, 1.807) is 30.3 Å². The molecule has 0 saturated heterocycles. The first kappa shape index (κ1) is 21.9. The Balaban J connectivity index is 1.86. The third-order valence-electron chi connectivity index (χ3n) is 4.92. The van der Waals surface area contributed by atoms with E-state index >= 15 is 0 Å². The third kappa shape index (κ3) is 4.52. The molecule has 0 aliphatic rings. The van der Waals surface area contributed by atoms with Crippen molar-refractivity contribution in [1.82, 2.24) is 19.5 Å². The molecule has 0 aliphatic heterocycles. The minimum atomic E-state index is -4.54. The number of aromatic nitrogens is 4. The monoisotopic (exact) mass is 455 g/mol. The van der Waals surface area contributed by atoms with E-state index in [2.05, 4.69) is 19.9 Å². The summed E-state index contributed by atoms with van der Waals surface area (Å²) < 4.78 is 40.4. The summed E-state index contributed by atoms with van der Waals surface area (Å²) in [7, 11) is 1.36. The molecule has 8 nitrogen and oxygen atoms in total. The first-order valence-corrected chi connectivity index (χ1v) is 9.66. The van der Waals surface area contributed by atoms with E-state index in [0.717, 1.165) is 16.7 Å². The first-order valence-electron chi connectivity index (χ1n) is 9.66. The highest BCUT2D eigenvalue weighted by atomic mass is 19.4. The maximum atomic E-state index is 13.1. The number of benzene rings is 2. The summed E-state index contributed by atoms with van der Waals surface area (Å²) >= 11 is 0. The Morgan fingerprint density at radius 1 is 1.00 bits per heavy atom. The van der Waals surface area contributed by atoms with Gasteiger partial charge in [0.15, 0.2) is 5.52 Å². The number of fused-ring (bicyclic) bond motifs is 1. The second kappa shape index (κ2) is 8.34. The van der Waals surface area contributed by atoms with E-state index in [1.165, 1.54) is 19.2 Å². The topological polar surface area (TPSA) is 113 Å². The highest BCUT2D eigenvalue weighted by molar-refractivity contribution is 6.03. The van der Waals surface area contributed by atoms with Crippen molar-refractivity contribution in [1.29, 1.82) is 0 Å². The third-order valence-corrected chi connectivity index (χ3v) is 4.92. The fourth-order valence-corrected chi connectivity index (χ4v) is 3.24. The van der Waals surface area contributed by atoms with Gasteiger partial charge in [-0.15, -0.1) is 0 Å². The van der Waals surface area contributed by atoms with Gasteiger partial charge in [-0.1, -0.05) is 36.4 Å². The molecular weight excluding hydrogens is 439 g/mol. The summed E-state index contributed by atoms with van der Waals surface area (Å²) in [5, 5.41) is 0. The molecule has 2 N–H and O–H groups in total. The molecule has 2 aromatic carbocycles. The average molecular weight is 455 g/mol. The van der Waals surface area contributed by atoms with Crippen LogP contribution < -0.4 is 16.8 Å². The van der Waals surface area contributed by atoms with Crippen molar-refractivity contribution in [2.45, 2.75) is 12.6 Å². The lowest BCUT2D eigenvalue weighted by molar-refractivity contribution is -0.137. The van der Waals surface area contributed by atoms with Gasteiger partial charge in [0.2, 0.25) is 0 Å². The minimum Gasteiger partial charge on any atom is -0.305 e. The Hall–Kier alpha value is -4.28. The van der Waals surface area contributed by atoms with Crippen LogP contribution in [-0.2, 0) is 19.6 Å². The molecule has 0 fully saturated rings. The van der Waals surface area contributed by atoms with Crippen molar-refractivity contribution in [3.8, 4) is 0 Å². The molecule has 0 atom stereocenters. The summed E-state index contributed by atoms with van der Waals surface area (Å²) in [4.78, 5) is 49.7. The number of rotatable bonds is 4. The van der Waals surface area contributed by atoms with Crippen LogP contribution in [0.5, 0.6) is 0 Å². The van der Waals surface area contributed by atoms with E-state index < -0.39 is 28.5 Å². The average Bonchev–Trinajstić information content (AvgIpc) is 2.78. The van der Waals surface area contributed by atoms with Gasteiger partial charge in [-0.25, -0.2) is 9.78 Å². The van der Waals surface area contributed by atoms with Crippen molar-refractivity contribution >= 4 is 22.6 Å². The standard InChI is InChI=1S/C22H16F3N5O3/c1-30-18-17(20(32)29-21(30)33)27-16(19(31)28-18)11-15(12-6-3-2-4-7-12)26-14-9-5-8-13(10-14)22(23,24)25/h2-10H,11H2,1H3,(H,28,31)(H,29,32,33). The van der Waals surface area contributed by atoms with Crippen molar-refractivity contribution in [2.24, 2.45) is 12.0 Å². The van der Waals surface area contributed by atoms with Gasteiger partial charge in [0.1, 0.15) is 11.3 Å². The number of aliphatic imine (C=N–C) groups is 1. The van der Waals surface area contributed by atoms with Crippen molar-refractivity contribution < 1.29 is 13.2 Å². The molecule has 168 valence electrons.